The highest BCUT2D eigenvalue weighted by Crippen LogP contribution is 2.25. The van der Waals surface area contributed by atoms with Gasteiger partial charge in [0, 0.05) is 31.9 Å². The maximum Gasteiger partial charge on any atom is 0.128 e. The molecule has 19 heavy (non-hydrogen) atoms. The second-order valence-corrected chi connectivity index (χ2v) is 5.95. The van der Waals surface area contributed by atoms with Crippen LogP contribution in [0.5, 0.6) is 0 Å². The summed E-state index contributed by atoms with van der Waals surface area (Å²) in [5.74, 6) is 2.01. The molecule has 1 N–H and O–H groups in total. The van der Waals surface area contributed by atoms with Crippen molar-refractivity contribution in [2.24, 2.45) is 5.92 Å². The van der Waals surface area contributed by atoms with E-state index in [2.05, 4.69) is 48.1 Å². The molecule has 1 unspecified atom stereocenters. The van der Waals surface area contributed by atoms with Crippen molar-refractivity contribution in [2.45, 2.75) is 52.6 Å². The minimum Gasteiger partial charge on any atom is -0.356 e. The fourth-order valence-corrected chi connectivity index (χ4v) is 2.71. The van der Waals surface area contributed by atoms with Gasteiger partial charge >= 0.3 is 0 Å². The van der Waals surface area contributed by atoms with E-state index in [1.807, 2.05) is 6.20 Å². The van der Waals surface area contributed by atoms with Crippen LogP contribution >= 0.6 is 0 Å². The number of rotatable bonds is 6. The van der Waals surface area contributed by atoms with Crippen LogP contribution in [0.3, 0.4) is 0 Å². The van der Waals surface area contributed by atoms with Gasteiger partial charge < -0.3 is 10.2 Å². The van der Waals surface area contributed by atoms with E-state index >= 15 is 0 Å². The van der Waals surface area contributed by atoms with Crippen LogP contribution in [0.25, 0.3) is 0 Å². The van der Waals surface area contributed by atoms with Crippen LogP contribution in [-0.2, 0) is 6.54 Å². The van der Waals surface area contributed by atoms with E-state index < -0.39 is 0 Å². The van der Waals surface area contributed by atoms with Crippen molar-refractivity contribution < 1.29 is 0 Å². The summed E-state index contributed by atoms with van der Waals surface area (Å²) in [5, 5.41) is 3.42. The minimum atomic E-state index is 0.521. The highest BCUT2D eigenvalue weighted by atomic mass is 15.2. The predicted octanol–water partition coefficient (Wildman–Crippen LogP) is 3.21. The van der Waals surface area contributed by atoms with Gasteiger partial charge in [-0.25, -0.2) is 4.98 Å². The van der Waals surface area contributed by atoms with E-state index in [1.165, 1.54) is 37.9 Å². The highest BCUT2D eigenvalue weighted by molar-refractivity contribution is 5.40. The Morgan fingerprint density at radius 3 is 2.89 bits per heavy atom. The zero-order chi connectivity index (χ0) is 13.7. The molecule has 3 nitrogen and oxygen atoms in total. The normalized spacial score (nSPS) is 19.4. The molecule has 1 saturated heterocycles. The molecule has 2 heterocycles. The van der Waals surface area contributed by atoms with E-state index in [-0.39, 0.29) is 0 Å². The van der Waals surface area contributed by atoms with Gasteiger partial charge in [0.25, 0.3) is 0 Å². The minimum absolute atomic E-state index is 0.521. The molecular formula is C16H27N3. The molecule has 106 valence electrons. The highest BCUT2D eigenvalue weighted by Gasteiger charge is 2.22. The van der Waals surface area contributed by atoms with Crippen LogP contribution in [0.2, 0.25) is 0 Å². The van der Waals surface area contributed by atoms with E-state index in [0.717, 1.165) is 18.3 Å². The number of hydrogen-bond acceptors (Lipinski definition) is 3. The first-order chi connectivity index (χ1) is 9.19. The van der Waals surface area contributed by atoms with Crippen LogP contribution in [0.4, 0.5) is 5.82 Å². The third kappa shape index (κ3) is 4.20. The number of hydrogen-bond donors (Lipinski definition) is 1. The van der Waals surface area contributed by atoms with E-state index in [0.29, 0.717) is 6.04 Å². The lowest BCUT2D eigenvalue weighted by molar-refractivity contribution is 0.529. The van der Waals surface area contributed by atoms with Crippen molar-refractivity contribution >= 4 is 5.82 Å². The molecule has 0 aromatic carbocycles. The summed E-state index contributed by atoms with van der Waals surface area (Å²) in [5.41, 5.74) is 1.27. The Labute approximate surface area is 117 Å². The van der Waals surface area contributed by atoms with Crippen LogP contribution in [0.1, 0.15) is 45.6 Å². The van der Waals surface area contributed by atoms with Gasteiger partial charge in [-0.2, -0.15) is 0 Å². The lowest BCUT2D eigenvalue weighted by Gasteiger charge is -2.18. The first-order valence-corrected chi connectivity index (χ1v) is 7.62. The van der Waals surface area contributed by atoms with Gasteiger partial charge in [-0.3, -0.25) is 0 Å². The van der Waals surface area contributed by atoms with Crippen LogP contribution in [-0.4, -0.2) is 24.1 Å². The average Bonchev–Trinajstić information content (AvgIpc) is 2.86. The fourth-order valence-electron chi connectivity index (χ4n) is 2.71. The number of aromatic nitrogens is 1. The largest absolute Gasteiger partial charge is 0.356 e. The molecule has 3 heteroatoms. The summed E-state index contributed by atoms with van der Waals surface area (Å²) in [6.45, 7) is 9.87. The van der Waals surface area contributed by atoms with Crippen LogP contribution < -0.4 is 10.2 Å². The molecule has 1 atom stereocenters. The quantitative estimate of drug-likeness (QED) is 0.852. The predicted molar refractivity (Wildman–Crippen MR) is 81.4 cm³/mol. The van der Waals surface area contributed by atoms with Crippen molar-refractivity contribution in [2.75, 3.05) is 18.0 Å². The van der Waals surface area contributed by atoms with E-state index in [4.69, 9.17) is 0 Å². The Morgan fingerprint density at radius 2 is 2.26 bits per heavy atom. The molecule has 0 aliphatic carbocycles. The van der Waals surface area contributed by atoms with Crippen molar-refractivity contribution in [3.63, 3.8) is 0 Å². The molecule has 0 bridgehead atoms. The van der Waals surface area contributed by atoms with Gasteiger partial charge in [-0.1, -0.05) is 33.3 Å². The standard InChI is InChI=1S/C16H27N3/c1-4-5-14-8-9-19(12-14)16-7-6-15(11-18-16)10-17-13(2)3/h6-7,11,13-14,17H,4-5,8-10,12H2,1-3H3. The first-order valence-electron chi connectivity index (χ1n) is 7.62. The lowest BCUT2D eigenvalue weighted by atomic mass is 10.0. The average molecular weight is 261 g/mol. The van der Waals surface area contributed by atoms with Crippen molar-refractivity contribution in [1.29, 1.82) is 0 Å². The van der Waals surface area contributed by atoms with Gasteiger partial charge in [0.05, 0.1) is 0 Å². The molecule has 1 aliphatic heterocycles. The maximum absolute atomic E-state index is 4.62. The molecule has 1 aromatic heterocycles. The van der Waals surface area contributed by atoms with Gasteiger partial charge in [0.15, 0.2) is 0 Å². The van der Waals surface area contributed by atoms with Crippen molar-refractivity contribution in [3.8, 4) is 0 Å². The number of anilines is 1. The number of nitrogens with one attached hydrogen (secondary N) is 1. The Kier molecular flexibility index (Phi) is 5.20. The number of nitrogens with zero attached hydrogens (tertiary/aromatic N) is 2. The Bertz CT molecular complexity index is 372. The molecule has 0 spiro atoms. The summed E-state index contributed by atoms with van der Waals surface area (Å²) in [7, 11) is 0. The monoisotopic (exact) mass is 261 g/mol. The first kappa shape index (κ1) is 14.3. The second-order valence-electron chi connectivity index (χ2n) is 5.95. The van der Waals surface area contributed by atoms with Crippen molar-refractivity contribution in [1.82, 2.24) is 10.3 Å². The second kappa shape index (κ2) is 6.90. The molecule has 1 fully saturated rings. The molecule has 1 aliphatic rings. The summed E-state index contributed by atoms with van der Waals surface area (Å²) >= 11 is 0. The third-order valence-electron chi connectivity index (χ3n) is 3.83. The van der Waals surface area contributed by atoms with Gasteiger partial charge in [0.2, 0.25) is 0 Å². The molecule has 1 aromatic rings. The summed E-state index contributed by atoms with van der Waals surface area (Å²) < 4.78 is 0. The van der Waals surface area contributed by atoms with Crippen molar-refractivity contribution in [3.05, 3.63) is 23.9 Å². The molecule has 0 amide bonds. The number of pyridine rings is 1. The van der Waals surface area contributed by atoms with Crippen LogP contribution in [0.15, 0.2) is 18.3 Å². The summed E-state index contributed by atoms with van der Waals surface area (Å²) in [4.78, 5) is 7.05. The molecule has 0 saturated carbocycles. The fraction of sp³-hybridized carbons (Fsp3) is 0.688. The molecule has 0 radical (unpaired) electrons. The zero-order valence-electron chi connectivity index (χ0n) is 12.5. The maximum atomic E-state index is 4.62. The van der Waals surface area contributed by atoms with Crippen LogP contribution in [0, 0.1) is 5.92 Å². The topological polar surface area (TPSA) is 28.2 Å². The Hall–Kier alpha value is -1.09. The third-order valence-corrected chi connectivity index (χ3v) is 3.83. The van der Waals surface area contributed by atoms with E-state index in [1.54, 1.807) is 0 Å². The smallest absolute Gasteiger partial charge is 0.128 e. The SMILES string of the molecule is CCCC1CCN(c2ccc(CNC(C)C)cn2)C1. The van der Waals surface area contributed by atoms with Gasteiger partial charge in [0.1, 0.15) is 5.82 Å². The summed E-state index contributed by atoms with van der Waals surface area (Å²) in [6.07, 6.45) is 5.99. The Morgan fingerprint density at radius 1 is 1.42 bits per heavy atom. The van der Waals surface area contributed by atoms with E-state index in [9.17, 15) is 0 Å². The molecule has 2 rings (SSSR count). The summed E-state index contributed by atoms with van der Waals surface area (Å²) in [6, 6.07) is 4.89. The lowest BCUT2D eigenvalue weighted by Crippen LogP contribution is -2.23. The molecular weight excluding hydrogens is 234 g/mol. The van der Waals surface area contributed by atoms with Gasteiger partial charge in [-0.15, -0.1) is 0 Å². The Balaban J connectivity index is 1.88. The zero-order valence-corrected chi connectivity index (χ0v) is 12.5. The van der Waals surface area contributed by atoms with Gasteiger partial charge in [-0.05, 0) is 30.4 Å².